The summed E-state index contributed by atoms with van der Waals surface area (Å²) in [5, 5.41) is 7.09. The number of para-hydroxylation sites is 1. The Morgan fingerprint density at radius 2 is 2.21 bits per heavy atom. The van der Waals surface area contributed by atoms with E-state index in [-0.39, 0.29) is 17.8 Å². The average molecular weight is 394 g/mol. The maximum atomic E-state index is 12.4. The lowest BCUT2D eigenvalue weighted by Gasteiger charge is -2.23. The zero-order valence-electron chi connectivity index (χ0n) is 16.6. The van der Waals surface area contributed by atoms with Gasteiger partial charge in [0.15, 0.2) is 0 Å². The van der Waals surface area contributed by atoms with E-state index >= 15 is 0 Å². The first kappa shape index (κ1) is 19.3. The SMILES string of the molecule is CCCCC1CN(CCNC(=O)c2nc3ncccn3n2)Cc2ccccc2O1. The molecule has 4 rings (SSSR count). The lowest BCUT2D eigenvalue weighted by molar-refractivity contribution is 0.0932. The number of fused-ring (bicyclic) bond motifs is 2. The topological polar surface area (TPSA) is 84.7 Å². The van der Waals surface area contributed by atoms with Gasteiger partial charge in [-0.05, 0) is 25.0 Å². The van der Waals surface area contributed by atoms with Gasteiger partial charge in [-0.1, -0.05) is 31.5 Å². The highest BCUT2D eigenvalue weighted by molar-refractivity contribution is 5.90. The lowest BCUT2D eigenvalue weighted by Crippen LogP contribution is -2.38. The van der Waals surface area contributed by atoms with Gasteiger partial charge in [0.2, 0.25) is 5.82 Å². The predicted molar refractivity (Wildman–Crippen MR) is 109 cm³/mol. The van der Waals surface area contributed by atoms with E-state index in [0.717, 1.165) is 44.6 Å². The van der Waals surface area contributed by atoms with Crippen molar-refractivity contribution in [2.45, 2.75) is 38.8 Å². The van der Waals surface area contributed by atoms with Gasteiger partial charge in [-0.2, -0.15) is 4.98 Å². The number of amides is 1. The summed E-state index contributed by atoms with van der Waals surface area (Å²) >= 11 is 0. The molecule has 0 fully saturated rings. The van der Waals surface area contributed by atoms with Gasteiger partial charge in [0.25, 0.3) is 11.7 Å². The van der Waals surface area contributed by atoms with Crippen molar-refractivity contribution < 1.29 is 9.53 Å². The molecule has 1 aliphatic rings. The van der Waals surface area contributed by atoms with E-state index in [0.29, 0.717) is 12.3 Å². The van der Waals surface area contributed by atoms with Gasteiger partial charge in [0.1, 0.15) is 11.9 Å². The molecular weight excluding hydrogens is 368 g/mol. The normalized spacial score (nSPS) is 16.8. The quantitative estimate of drug-likeness (QED) is 0.662. The van der Waals surface area contributed by atoms with E-state index in [2.05, 4.69) is 38.3 Å². The standard InChI is InChI=1S/C21H26N6O2/c1-2-3-8-17-15-26(14-16-7-4-5-9-18(16)29-17)13-11-22-20(28)19-24-21-23-10-6-12-27(21)25-19/h4-7,9-10,12,17H,2-3,8,11,13-15H2,1H3,(H,22,28). The molecule has 1 atom stereocenters. The predicted octanol–water partition coefficient (Wildman–Crippen LogP) is 2.31. The van der Waals surface area contributed by atoms with E-state index in [1.807, 2.05) is 18.2 Å². The second kappa shape index (κ2) is 9.00. The van der Waals surface area contributed by atoms with E-state index < -0.39 is 0 Å². The van der Waals surface area contributed by atoms with Crippen LogP contribution >= 0.6 is 0 Å². The largest absolute Gasteiger partial charge is 0.489 e. The number of ether oxygens (including phenoxy) is 1. The summed E-state index contributed by atoms with van der Waals surface area (Å²) in [5.74, 6) is 1.23. The minimum atomic E-state index is -0.287. The van der Waals surface area contributed by atoms with Crippen molar-refractivity contribution in [2.24, 2.45) is 0 Å². The molecule has 3 heterocycles. The van der Waals surface area contributed by atoms with Crippen molar-refractivity contribution in [3.63, 3.8) is 0 Å². The lowest BCUT2D eigenvalue weighted by atomic mass is 10.1. The van der Waals surface area contributed by atoms with Gasteiger partial charge < -0.3 is 10.1 Å². The summed E-state index contributed by atoms with van der Waals surface area (Å²) in [5.41, 5.74) is 1.19. The molecule has 0 spiro atoms. The fourth-order valence-electron chi connectivity index (χ4n) is 3.55. The number of rotatable bonds is 7. The van der Waals surface area contributed by atoms with E-state index in [9.17, 15) is 4.79 Å². The van der Waals surface area contributed by atoms with Crippen molar-refractivity contribution in [1.29, 1.82) is 0 Å². The number of nitrogens with one attached hydrogen (secondary N) is 1. The van der Waals surface area contributed by atoms with Gasteiger partial charge in [0.05, 0.1) is 0 Å². The van der Waals surface area contributed by atoms with E-state index in [4.69, 9.17) is 4.74 Å². The molecule has 0 bridgehead atoms. The number of unbranched alkanes of at least 4 members (excludes halogenated alkanes) is 1. The summed E-state index contributed by atoms with van der Waals surface area (Å²) in [6.45, 7) is 5.11. The van der Waals surface area contributed by atoms with Crippen LogP contribution in [0.2, 0.25) is 0 Å². The average Bonchev–Trinajstić information content (AvgIpc) is 3.09. The molecule has 0 aliphatic carbocycles. The Morgan fingerprint density at radius 1 is 1.31 bits per heavy atom. The van der Waals surface area contributed by atoms with Crippen LogP contribution in [-0.4, -0.2) is 56.1 Å². The van der Waals surface area contributed by atoms with Crippen LogP contribution in [0.25, 0.3) is 5.78 Å². The molecule has 0 radical (unpaired) electrons. The summed E-state index contributed by atoms with van der Waals surface area (Å²) in [6, 6.07) is 9.96. The molecule has 2 aromatic heterocycles. The number of hydrogen-bond donors (Lipinski definition) is 1. The first-order chi connectivity index (χ1) is 14.2. The summed E-state index contributed by atoms with van der Waals surface area (Å²) < 4.78 is 7.76. The Kier molecular flexibility index (Phi) is 6.00. The van der Waals surface area contributed by atoms with Crippen molar-refractivity contribution >= 4 is 11.7 Å². The smallest absolute Gasteiger partial charge is 0.291 e. The van der Waals surface area contributed by atoms with Gasteiger partial charge in [-0.15, -0.1) is 5.10 Å². The highest BCUT2D eigenvalue weighted by Gasteiger charge is 2.22. The van der Waals surface area contributed by atoms with Gasteiger partial charge in [-0.3, -0.25) is 9.69 Å². The van der Waals surface area contributed by atoms with Gasteiger partial charge in [0, 0.05) is 44.1 Å². The summed E-state index contributed by atoms with van der Waals surface area (Å²) in [7, 11) is 0. The van der Waals surface area contributed by atoms with Crippen LogP contribution in [0.15, 0.2) is 42.7 Å². The molecule has 1 amide bonds. The van der Waals surface area contributed by atoms with Crippen molar-refractivity contribution in [2.75, 3.05) is 19.6 Å². The monoisotopic (exact) mass is 394 g/mol. The molecule has 3 aromatic rings. The van der Waals surface area contributed by atoms with Crippen molar-refractivity contribution in [3.8, 4) is 5.75 Å². The summed E-state index contributed by atoms with van der Waals surface area (Å²) in [4.78, 5) is 23.0. The fourth-order valence-corrected chi connectivity index (χ4v) is 3.55. The highest BCUT2D eigenvalue weighted by atomic mass is 16.5. The van der Waals surface area contributed by atoms with Crippen LogP contribution in [0, 0.1) is 0 Å². The number of hydrogen-bond acceptors (Lipinski definition) is 6. The zero-order valence-corrected chi connectivity index (χ0v) is 16.6. The maximum Gasteiger partial charge on any atom is 0.291 e. The third kappa shape index (κ3) is 4.71. The van der Waals surface area contributed by atoms with Crippen molar-refractivity contribution in [1.82, 2.24) is 29.8 Å². The Balaban J connectivity index is 1.36. The molecule has 152 valence electrons. The maximum absolute atomic E-state index is 12.4. The van der Waals surface area contributed by atoms with Crippen LogP contribution in [-0.2, 0) is 6.54 Å². The van der Waals surface area contributed by atoms with Crippen LogP contribution in [0.3, 0.4) is 0 Å². The zero-order chi connectivity index (χ0) is 20.1. The Labute approximate surface area is 169 Å². The number of benzene rings is 1. The Hall–Kier alpha value is -3.00. The van der Waals surface area contributed by atoms with Gasteiger partial charge >= 0.3 is 0 Å². The van der Waals surface area contributed by atoms with E-state index in [1.54, 1.807) is 18.5 Å². The summed E-state index contributed by atoms with van der Waals surface area (Å²) in [6.07, 6.45) is 6.84. The molecule has 0 saturated carbocycles. The third-order valence-electron chi connectivity index (χ3n) is 5.03. The van der Waals surface area contributed by atoms with Gasteiger partial charge in [-0.25, -0.2) is 9.50 Å². The highest BCUT2D eigenvalue weighted by Crippen LogP contribution is 2.26. The molecule has 0 saturated heterocycles. The number of carbonyl (C=O) groups is 1. The Morgan fingerprint density at radius 3 is 3.07 bits per heavy atom. The molecular formula is C21H26N6O2. The molecule has 8 nitrogen and oxygen atoms in total. The number of aromatic nitrogens is 4. The van der Waals surface area contributed by atoms with Crippen LogP contribution < -0.4 is 10.1 Å². The number of carbonyl (C=O) groups excluding carboxylic acids is 1. The minimum Gasteiger partial charge on any atom is -0.489 e. The molecule has 1 aromatic carbocycles. The second-order valence-corrected chi connectivity index (χ2v) is 7.28. The van der Waals surface area contributed by atoms with Crippen LogP contribution in [0.1, 0.15) is 42.4 Å². The molecule has 1 aliphatic heterocycles. The first-order valence-electron chi connectivity index (χ1n) is 10.2. The Bertz CT molecular complexity index is 939. The molecule has 1 unspecified atom stereocenters. The fraction of sp³-hybridized carbons (Fsp3) is 0.429. The van der Waals surface area contributed by atoms with E-state index in [1.165, 1.54) is 10.1 Å². The van der Waals surface area contributed by atoms with Crippen molar-refractivity contribution in [3.05, 3.63) is 54.1 Å². The molecule has 1 N–H and O–H groups in total. The molecule has 8 heteroatoms. The van der Waals surface area contributed by atoms with Crippen LogP contribution in [0.4, 0.5) is 0 Å². The third-order valence-corrected chi connectivity index (χ3v) is 5.03. The first-order valence-corrected chi connectivity index (χ1v) is 10.2. The number of nitrogens with zero attached hydrogens (tertiary/aromatic N) is 5. The second-order valence-electron chi connectivity index (χ2n) is 7.28. The van der Waals surface area contributed by atoms with Crippen LogP contribution in [0.5, 0.6) is 5.75 Å². The molecule has 29 heavy (non-hydrogen) atoms. The minimum absolute atomic E-state index is 0.133.